The Kier molecular flexibility index (Phi) is 2.68. The van der Waals surface area contributed by atoms with Crippen molar-refractivity contribution in [1.82, 2.24) is 5.32 Å². The lowest BCUT2D eigenvalue weighted by Crippen LogP contribution is -2.19. The van der Waals surface area contributed by atoms with Gasteiger partial charge in [0.1, 0.15) is 4.99 Å². The summed E-state index contributed by atoms with van der Waals surface area (Å²) in [6.45, 7) is 0. The Morgan fingerprint density at radius 3 is 2.56 bits per heavy atom. The predicted molar refractivity (Wildman–Crippen MR) is 74.9 cm³/mol. The summed E-state index contributed by atoms with van der Waals surface area (Å²) < 4.78 is 0. The maximum atomic E-state index is 11.9. The molecular weight excluding hydrogens is 242 g/mol. The van der Waals surface area contributed by atoms with E-state index >= 15 is 0 Å². The molecule has 0 aromatic heterocycles. The van der Waals surface area contributed by atoms with Crippen molar-refractivity contribution in [1.29, 1.82) is 0 Å². The first-order chi connectivity index (χ1) is 8.75. The van der Waals surface area contributed by atoms with Crippen LogP contribution >= 0.6 is 12.2 Å². The van der Waals surface area contributed by atoms with E-state index in [4.69, 9.17) is 12.2 Å². The predicted octanol–water partition coefficient (Wildman–Crippen LogP) is 2.70. The van der Waals surface area contributed by atoms with Crippen LogP contribution in [0.5, 0.6) is 0 Å². The smallest absolute Gasteiger partial charge is 0.257 e. The molecule has 1 aliphatic heterocycles. The minimum Gasteiger partial charge on any atom is -0.312 e. The number of nitrogens with one attached hydrogen (secondary N) is 1. The first-order valence-electron chi connectivity index (χ1n) is 5.77. The normalized spacial score (nSPS) is 13.3. The maximum Gasteiger partial charge on any atom is 0.257 e. The second-order valence-electron chi connectivity index (χ2n) is 4.29. The average molecular weight is 253 g/mol. The van der Waals surface area contributed by atoms with Crippen molar-refractivity contribution in [2.45, 2.75) is 6.42 Å². The second-order valence-corrected chi connectivity index (χ2v) is 4.69. The molecule has 0 unspecified atom stereocenters. The van der Waals surface area contributed by atoms with Gasteiger partial charge in [0.05, 0.1) is 5.56 Å². The van der Waals surface area contributed by atoms with Gasteiger partial charge in [0.2, 0.25) is 0 Å². The summed E-state index contributed by atoms with van der Waals surface area (Å²) >= 11 is 5.14. The Bertz CT molecular complexity index is 634. The minimum absolute atomic E-state index is 0.0819. The van der Waals surface area contributed by atoms with E-state index in [2.05, 4.69) is 17.4 Å². The van der Waals surface area contributed by atoms with E-state index in [9.17, 15) is 4.79 Å². The summed E-state index contributed by atoms with van der Waals surface area (Å²) in [5.74, 6) is -0.0819. The number of rotatable bonds is 2. The zero-order chi connectivity index (χ0) is 12.5. The largest absolute Gasteiger partial charge is 0.312 e. The molecule has 2 nitrogen and oxygen atoms in total. The summed E-state index contributed by atoms with van der Waals surface area (Å²) in [4.78, 5) is 12.4. The van der Waals surface area contributed by atoms with E-state index < -0.39 is 0 Å². The van der Waals surface area contributed by atoms with Crippen LogP contribution in [0.15, 0.2) is 48.5 Å². The molecule has 0 atom stereocenters. The second kappa shape index (κ2) is 4.35. The topological polar surface area (TPSA) is 29.1 Å². The van der Waals surface area contributed by atoms with Gasteiger partial charge in [-0.2, -0.15) is 0 Å². The van der Waals surface area contributed by atoms with Gasteiger partial charge in [0, 0.05) is 5.56 Å². The van der Waals surface area contributed by atoms with E-state index in [0.717, 1.165) is 23.1 Å². The number of thiocarbonyl (C=S) groups is 1. The molecular formula is C15H11NOS. The SMILES string of the molecule is O=C1NC(=S)c2cccc(Cc3ccccc3)c21. The quantitative estimate of drug-likeness (QED) is 0.834. The third kappa shape index (κ3) is 1.83. The Morgan fingerprint density at radius 1 is 1.00 bits per heavy atom. The van der Waals surface area contributed by atoms with Gasteiger partial charge in [-0.25, -0.2) is 0 Å². The number of hydrogen-bond donors (Lipinski definition) is 1. The van der Waals surface area contributed by atoms with Crippen LogP contribution in [-0.2, 0) is 6.42 Å². The molecule has 0 radical (unpaired) electrons. The Morgan fingerprint density at radius 2 is 1.78 bits per heavy atom. The highest BCUT2D eigenvalue weighted by Gasteiger charge is 2.26. The highest BCUT2D eigenvalue weighted by Crippen LogP contribution is 2.22. The number of amides is 1. The van der Waals surface area contributed by atoms with E-state index in [-0.39, 0.29) is 5.91 Å². The molecule has 0 saturated carbocycles. The van der Waals surface area contributed by atoms with Gasteiger partial charge in [-0.15, -0.1) is 0 Å². The van der Waals surface area contributed by atoms with Crippen LogP contribution in [0, 0.1) is 0 Å². The van der Waals surface area contributed by atoms with Crippen LogP contribution in [0.2, 0.25) is 0 Å². The van der Waals surface area contributed by atoms with Gasteiger partial charge in [0.25, 0.3) is 5.91 Å². The molecule has 1 amide bonds. The lowest BCUT2D eigenvalue weighted by molar-refractivity contribution is 0.0983. The minimum atomic E-state index is -0.0819. The fourth-order valence-corrected chi connectivity index (χ4v) is 2.52. The van der Waals surface area contributed by atoms with E-state index in [1.807, 2.05) is 36.4 Å². The van der Waals surface area contributed by atoms with Crippen LogP contribution in [0.25, 0.3) is 0 Å². The van der Waals surface area contributed by atoms with Crippen molar-refractivity contribution in [3.63, 3.8) is 0 Å². The van der Waals surface area contributed by atoms with Crippen molar-refractivity contribution >= 4 is 23.1 Å². The van der Waals surface area contributed by atoms with Crippen LogP contribution in [0.3, 0.4) is 0 Å². The van der Waals surface area contributed by atoms with Crippen LogP contribution in [0.1, 0.15) is 27.0 Å². The molecule has 0 bridgehead atoms. The van der Waals surface area contributed by atoms with Crippen molar-refractivity contribution in [3.8, 4) is 0 Å². The number of hydrogen-bond acceptors (Lipinski definition) is 2. The van der Waals surface area contributed by atoms with Crippen LogP contribution in [-0.4, -0.2) is 10.9 Å². The maximum absolute atomic E-state index is 11.9. The highest BCUT2D eigenvalue weighted by molar-refractivity contribution is 7.80. The Balaban J connectivity index is 2.05. The first kappa shape index (κ1) is 11.1. The van der Waals surface area contributed by atoms with Crippen LogP contribution < -0.4 is 5.32 Å². The van der Waals surface area contributed by atoms with Crippen LogP contribution in [0.4, 0.5) is 0 Å². The third-order valence-corrected chi connectivity index (χ3v) is 3.41. The molecule has 2 aromatic carbocycles. The zero-order valence-electron chi connectivity index (χ0n) is 9.64. The van der Waals surface area contributed by atoms with E-state index in [1.54, 1.807) is 0 Å². The highest BCUT2D eigenvalue weighted by atomic mass is 32.1. The molecule has 1 aliphatic rings. The fraction of sp³-hybridized carbons (Fsp3) is 0.0667. The molecule has 0 spiro atoms. The van der Waals surface area contributed by atoms with Gasteiger partial charge in [-0.05, 0) is 17.5 Å². The molecule has 0 saturated heterocycles. The van der Waals surface area contributed by atoms with E-state index in [0.29, 0.717) is 4.99 Å². The summed E-state index contributed by atoms with van der Waals surface area (Å²) in [5.41, 5.74) is 3.79. The molecule has 18 heavy (non-hydrogen) atoms. The Labute approximate surface area is 111 Å². The third-order valence-electron chi connectivity index (χ3n) is 3.09. The van der Waals surface area contributed by atoms with E-state index in [1.165, 1.54) is 5.56 Å². The number of carbonyl (C=O) groups is 1. The van der Waals surface area contributed by atoms with Gasteiger partial charge in [0.15, 0.2) is 0 Å². The van der Waals surface area contributed by atoms with Crippen molar-refractivity contribution < 1.29 is 4.79 Å². The molecule has 3 rings (SSSR count). The summed E-state index contributed by atoms with van der Waals surface area (Å²) in [7, 11) is 0. The molecule has 2 aromatic rings. The lowest BCUT2D eigenvalue weighted by Gasteiger charge is -2.06. The molecule has 3 heteroatoms. The van der Waals surface area contributed by atoms with Gasteiger partial charge < -0.3 is 5.32 Å². The summed E-state index contributed by atoms with van der Waals surface area (Å²) in [6, 6.07) is 15.9. The lowest BCUT2D eigenvalue weighted by atomic mass is 9.97. The average Bonchev–Trinajstić information content (AvgIpc) is 2.67. The Hall–Kier alpha value is -2.00. The monoisotopic (exact) mass is 253 g/mol. The van der Waals surface area contributed by atoms with Gasteiger partial charge >= 0.3 is 0 Å². The number of carbonyl (C=O) groups excluding carboxylic acids is 1. The van der Waals surface area contributed by atoms with Crippen molar-refractivity contribution in [2.75, 3.05) is 0 Å². The first-order valence-corrected chi connectivity index (χ1v) is 6.18. The zero-order valence-corrected chi connectivity index (χ0v) is 10.5. The number of fused-ring (bicyclic) bond motifs is 1. The molecule has 1 heterocycles. The summed E-state index contributed by atoms with van der Waals surface area (Å²) in [5, 5.41) is 2.70. The van der Waals surface area contributed by atoms with Gasteiger partial charge in [-0.1, -0.05) is 60.7 Å². The fourth-order valence-electron chi connectivity index (χ4n) is 2.25. The molecule has 0 fully saturated rings. The standard InChI is InChI=1S/C15H11NOS/c17-14-13-11(9-10-5-2-1-3-6-10)7-4-8-12(13)15(18)16-14/h1-8H,9H2,(H,16,17,18). The summed E-state index contributed by atoms with van der Waals surface area (Å²) in [6.07, 6.45) is 0.750. The molecule has 88 valence electrons. The molecule has 1 N–H and O–H groups in total. The van der Waals surface area contributed by atoms with Crippen molar-refractivity contribution in [3.05, 3.63) is 70.8 Å². The number of benzene rings is 2. The van der Waals surface area contributed by atoms with Gasteiger partial charge in [-0.3, -0.25) is 4.79 Å². The molecule has 0 aliphatic carbocycles. The van der Waals surface area contributed by atoms with Crippen molar-refractivity contribution in [2.24, 2.45) is 0 Å².